The summed E-state index contributed by atoms with van der Waals surface area (Å²) in [6.07, 6.45) is 0. The van der Waals surface area contributed by atoms with E-state index in [1.807, 2.05) is 42.2 Å². The topological polar surface area (TPSA) is 53.0 Å². The standard InChI is InChI=1S/C16H16FN3/c1-2-20(15-5-3-4-14(19)9-15)11-13-7-6-12(10-18)8-16(13)17/h3-9H,2,11,19H2,1H3. The number of anilines is 2. The molecule has 4 heteroatoms. The van der Waals surface area contributed by atoms with E-state index in [0.717, 1.165) is 12.2 Å². The van der Waals surface area contributed by atoms with E-state index in [1.54, 1.807) is 12.1 Å². The maximum absolute atomic E-state index is 13.9. The van der Waals surface area contributed by atoms with Crippen LogP contribution in [0.15, 0.2) is 42.5 Å². The molecule has 2 aromatic rings. The van der Waals surface area contributed by atoms with E-state index in [-0.39, 0.29) is 5.82 Å². The van der Waals surface area contributed by atoms with Crippen molar-refractivity contribution in [2.75, 3.05) is 17.2 Å². The van der Waals surface area contributed by atoms with Crippen LogP contribution in [0.1, 0.15) is 18.1 Å². The van der Waals surface area contributed by atoms with E-state index < -0.39 is 0 Å². The van der Waals surface area contributed by atoms with Crippen LogP contribution in [-0.4, -0.2) is 6.54 Å². The van der Waals surface area contributed by atoms with Crippen molar-refractivity contribution < 1.29 is 4.39 Å². The molecule has 0 atom stereocenters. The zero-order chi connectivity index (χ0) is 14.5. The number of rotatable bonds is 4. The molecule has 0 aromatic heterocycles. The lowest BCUT2D eigenvalue weighted by atomic mass is 10.1. The molecule has 0 saturated heterocycles. The first kappa shape index (κ1) is 13.9. The summed E-state index contributed by atoms with van der Waals surface area (Å²) < 4.78 is 13.9. The van der Waals surface area contributed by atoms with Crippen molar-refractivity contribution in [3.63, 3.8) is 0 Å². The molecule has 2 N–H and O–H groups in total. The fourth-order valence-corrected chi connectivity index (χ4v) is 2.06. The van der Waals surface area contributed by atoms with Gasteiger partial charge in [0.25, 0.3) is 0 Å². The zero-order valence-electron chi connectivity index (χ0n) is 11.3. The normalized spacial score (nSPS) is 10.1. The molecular weight excluding hydrogens is 253 g/mol. The van der Waals surface area contributed by atoms with Gasteiger partial charge in [0.2, 0.25) is 0 Å². The smallest absolute Gasteiger partial charge is 0.129 e. The van der Waals surface area contributed by atoms with Crippen LogP contribution in [0.5, 0.6) is 0 Å². The Morgan fingerprint density at radius 2 is 2.05 bits per heavy atom. The highest BCUT2D eigenvalue weighted by molar-refractivity contribution is 5.56. The minimum absolute atomic E-state index is 0.332. The number of nitrogens with two attached hydrogens (primary N) is 1. The third kappa shape index (κ3) is 3.07. The Morgan fingerprint density at radius 1 is 1.25 bits per heavy atom. The zero-order valence-corrected chi connectivity index (χ0v) is 11.3. The molecule has 0 bridgehead atoms. The van der Waals surface area contributed by atoms with E-state index in [1.165, 1.54) is 6.07 Å². The van der Waals surface area contributed by atoms with Crippen molar-refractivity contribution in [2.24, 2.45) is 0 Å². The Hall–Kier alpha value is -2.54. The maximum Gasteiger partial charge on any atom is 0.129 e. The van der Waals surface area contributed by atoms with Crippen LogP contribution in [0.3, 0.4) is 0 Å². The van der Waals surface area contributed by atoms with Crippen molar-refractivity contribution in [3.8, 4) is 6.07 Å². The van der Waals surface area contributed by atoms with E-state index in [0.29, 0.717) is 23.4 Å². The van der Waals surface area contributed by atoms with Crippen molar-refractivity contribution >= 4 is 11.4 Å². The Balaban J connectivity index is 2.25. The van der Waals surface area contributed by atoms with Crippen LogP contribution in [0.4, 0.5) is 15.8 Å². The minimum Gasteiger partial charge on any atom is -0.399 e. The van der Waals surface area contributed by atoms with E-state index >= 15 is 0 Å². The highest BCUT2D eigenvalue weighted by Crippen LogP contribution is 2.21. The van der Waals surface area contributed by atoms with Crippen molar-refractivity contribution in [1.29, 1.82) is 5.26 Å². The molecular formula is C16H16FN3. The van der Waals surface area contributed by atoms with Crippen LogP contribution in [-0.2, 0) is 6.54 Å². The molecule has 0 saturated carbocycles. The largest absolute Gasteiger partial charge is 0.399 e. The van der Waals surface area contributed by atoms with Gasteiger partial charge in [0.15, 0.2) is 0 Å². The Kier molecular flexibility index (Phi) is 4.21. The molecule has 0 unspecified atom stereocenters. The minimum atomic E-state index is -0.355. The lowest BCUT2D eigenvalue weighted by molar-refractivity contribution is 0.605. The quantitative estimate of drug-likeness (QED) is 0.866. The Labute approximate surface area is 118 Å². The molecule has 0 aliphatic rings. The lowest BCUT2D eigenvalue weighted by Gasteiger charge is -2.23. The predicted octanol–water partition coefficient (Wildman–Crippen LogP) is 3.31. The number of benzene rings is 2. The fourth-order valence-electron chi connectivity index (χ4n) is 2.06. The van der Waals surface area contributed by atoms with Crippen LogP contribution >= 0.6 is 0 Å². The van der Waals surface area contributed by atoms with Gasteiger partial charge in [-0.1, -0.05) is 12.1 Å². The summed E-state index contributed by atoms with van der Waals surface area (Å²) >= 11 is 0. The molecule has 0 heterocycles. The fraction of sp³-hybridized carbons (Fsp3) is 0.188. The van der Waals surface area contributed by atoms with Gasteiger partial charge < -0.3 is 10.6 Å². The average Bonchev–Trinajstić information content (AvgIpc) is 2.46. The highest BCUT2D eigenvalue weighted by atomic mass is 19.1. The predicted molar refractivity (Wildman–Crippen MR) is 78.7 cm³/mol. The maximum atomic E-state index is 13.9. The van der Waals surface area contributed by atoms with Crippen LogP contribution < -0.4 is 10.6 Å². The Bertz CT molecular complexity index is 646. The molecule has 3 nitrogen and oxygen atoms in total. The number of nitrogens with zero attached hydrogens (tertiary/aromatic N) is 2. The average molecular weight is 269 g/mol. The van der Waals surface area contributed by atoms with Crippen molar-refractivity contribution in [2.45, 2.75) is 13.5 Å². The third-order valence-corrected chi connectivity index (χ3v) is 3.16. The van der Waals surface area contributed by atoms with Gasteiger partial charge in [0, 0.05) is 30.0 Å². The van der Waals surface area contributed by atoms with E-state index in [9.17, 15) is 4.39 Å². The molecule has 2 rings (SSSR count). The molecule has 2 aromatic carbocycles. The highest BCUT2D eigenvalue weighted by Gasteiger charge is 2.10. The van der Waals surface area contributed by atoms with Crippen molar-refractivity contribution in [3.05, 3.63) is 59.4 Å². The summed E-state index contributed by atoms with van der Waals surface area (Å²) in [7, 11) is 0. The first-order chi connectivity index (χ1) is 9.63. The molecule has 0 aliphatic heterocycles. The number of nitrogen functional groups attached to an aromatic ring is 1. The molecule has 20 heavy (non-hydrogen) atoms. The second-order valence-corrected chi connectivity index (χ2v) is 4.53. The molecule has 102 valence electrons. The Morgan fingerprint density at radius 3 is 2.65 bits per heavy atom. The van der Waals surface area contributed by atoms with Crippen LogP contribution in [0.25, 0.3) is 0 Å². The van der Waals surface area contributed by atoms with Crippen molar-refractivity contribution in [1.82, 2.24) is 0 Å². The van der Waals surface area contributed by atoms with Gasteiger partial charge >= 0.3 is 0 Å². The van der Waals surface area contributed by atoms with Gasteiger partial charge in [-0.15, -0.1) is 0 Å². The number of nitriles is 1. The summed E-state index contributed by atoms with van der Waals surface area (Å²) in [5.41, 5.74) is 8.31. The summed E-state index contributed by atoms with van der Waals surface area (Å²) in [6, 6.07) is 14.0. The SMILES string of the molecule is CCN(Cc1ccc(C#N)cc1F)c1cccc(N)c1. The van der Waals surface area contributed by atoms with Gasteiger partial charge in [-0.2, -0.15) is 5.26 Å². The number of halogens is 1. The first-order valence-corrected chi connectivity index (χ1v) is 6.43. The second-order valence-electron chi connectivity index (χ2n) is 4.53. The monoisotopic (exact) mass is 269 g/mol. The third-order valence-electron chi connectivity index (χ3n) is 3.16. The van der Waals surface area contributed by atoms with Crippen LogP contribution in [0.2, 0.25) is 0 Å². The van der Waals surface area contributed by atoms with E-state index in [4.69, 9.17) is 11.0 Å². The lowest BCUT2D eigenvalue weighted by Crippen LogP contribution is -2.22. The van der Waals surface area contributed by atoms with E-state index in [2.05, 4.69) is 0 Å². The molecule has 0 radical (unpaired) electrons. The number of hydrogen-bond acceptors (Lipinski definition) is 3. The summed E-state index contributed by atoms with van der Waals surface area (Å²) in [4.78, 5) is 2.03. The second kappa shape index (κ2) is 6.07. The van der Waals surface area contributed by atoms with Gasteiger partial charge in [0.05, 0.1) is 11.6 Å². The summed E-state index contributed by atoms with van der Waals surface area (Å²) in [6.45, 7) is 3.19. The van der Waals surface area contributed by atoms with Crippen LogP contribution in [0, 0.1) is 17.1 Å². The molecule has 0 aliphatic carbocycles. The van der Waals surface area contributed by atoms with Gasteiger partial charge in [-0.05, 0) is 37.3 Å². The first-order valence-electron chi connectivity index (χ1n) is 6.43. The summed E-state index contributed by atoms with van der Waals surface area (Å²) in [5.74, 6) is -0.355. The summed E-state index contributed by atoms with van der Waals surface area (Å²) in [5, 5.41) is 8.75. The van der Waals surface area contributed by atoms with Gasteiger partial charge in [-0.3, -0.25) is 0 Å². The number of hydrogen-bond donors (Lipinski definition) is 1. The van der Waals surface area contributed by atoms with Gasteiger partial charge in [0.1, 0.15) is 5.82 Å². The van der Waals surface area contributed by atoms with Gasteiger partial charge in [-0.25, -0.2) is 4.39 Å². The molecule has 0 spiro atoms. The molecule has 0 amide bonds. The molecule has 0 fully saturated rings.